The Morgan fingerprint density at radius 2 is 1.83 bits per heavy atom. The molecule has 0 saturated carbocycles. The van der Waals surface area contributed by atoms with Crippen LogP contribution in [0.2, 0.25) is 6.82 Å². The number of aryl methyl sites for hydroxylation is 1. The highest BCUT2D eigenvalue weighted by Gasteiger charge is 2.20. The summed E-state index contributed by atoms with van der Waals surface area (Å²) >= 11 is 0. The average Bonchev–Trinajstić information content (AvgIpc) is 2.31. The highest BCUT2D eigenvalue weighted by atomic mass is 16.5. The Bertz CT molecular complexity index is 346. The minimum Gasteiger partial charge on any atom is -0.488 e. The third-order valence-electron chi connectivity index (χ3n) is 2.97. The SMILES string of the molecule is C[B]C(C)OCCC(C)(C)Oc1ccc(C)cc1. The second kappa shape index (κ2) is 6.84. The molecule has 0 saturated heterocycles. The van der Waals surface area contributed by atoms with Crippen molar-refractivity contribution in [2.24, 2.45) is 0 Å². The number of rotatable bonds is 7. The molecule has 1 atom stereocenters. The summed E-state index contributed by atoms with van der Waals surface area (Å²) in [4.78, 5) is 0. The minimum absolute atomic E-state index is 0.206. The molecular formula is C15H24BO2. The molecule has 0 spiro atoms. The molecule has 1 radical (unpaired) electrons. The molecule has 0 bridgehead atoms. The van der Waals surface area contributed by atoms with Gasteiger partial charge >= 0.3 is 0 Å². The van der Waals surface area contributed by atoms with Gasteiger partial charge in [-0.2, -0.15) is 0 Å². The summed E-state index contributed by atoms with van der Waals surface area (Å²) in [6.07, 6.45) is 0.874. The normalized spacial score (nSPS) is 13.2. The molecule has 3 heteroatoms. The van der Waals surface area contributed by atoms with Crippen molar-refractivity contribution in [1.82, 2.24) is 0 Å². The molecule has 0 fully saturated rings. The lowest BCUT2D eigenvalue weighted by atomic mass is 9.76. The third-order valence-corrected chi connectivity index (χ3v) is 2.97. The third kappa shape index (κ3) is 5.59. The maximum absolute atomic E-state index is 5.98. The van der Waals surface area contributed by atoms with Gasteiger partial charge < -0.3 is 9.47 Å². The largest absolute Gasteiger partial charge is 0.488 e. The second-order valence-corrected chi connectivity index (χ2v) is 5.33. The van der Waals surface area contributed by atoms with E-state index < -0.39 is 0 Å². The summed E-state index contributed by atoms with van der Waals surface area (Å²) in [5.74, 6) is 0.917. The molecule has 0 aliphatic rings. The molecule has 1 aromatic rings. The van der Waals surface area contributed by atoms with Gasteiger partial charge in [0, 0.05) is 19.0 Å². The van der Waals surface area contributed by atoms with E-state index in [9.17, 15) is 0 Å². The standard InChI is InChI=1S/C15H24BO2/c1-12-6-8-14(9-7-12)18-15(3,4)10-11-17-13(2)16-5/h6-9,13H,10-11H2,1-5H3. The van der Waals surface area contributed by atoms with Crippen LogP contribution in [0.25, 0.3) is 0 Å². The Hall–Kier alpha value is -0.955. The summed E-state index contributed by atoms with van der Waals surface area (Å²) in [6, 6.07) is 8.37. The van der Waals surface area contributed by atoms with Gasteiger partial charge in [0.05, 0.1) is 0 Å². The zero-order valence-corrected chi connectivity index (χ0v) is 12.2. The van der Waals surface area contributed by atoms with Crippen molar-refractivity contribution in [3.8, 4) is 5.75 Å². The lowest BCUT2D eigenvalue weighted by Gasteiger charge is -2.27. The zero-order chi connectivity index (χ0) is 13.6. The summed E-state index contributed by atoms with van der Waals surface area (Å²) in [5, 5.41) is 0. The van der Waals surface area contributed by atoms with Crippen molar-refractivity contribution in [3.05, 3.63) is 29.8 Å². The number of benzene rings is 1. The van der Waals surface area contributed by atoms with E-state index in [-0.39, 0.29) is 11.6 Å². The van der Waals surface area contributed by atoms with Crippen molar-refractivity contribution >= 4 is 7.28 Å². The van der Waals surface area contributed by atoms with Crippen molar-refractivity contribution in [1.29, 1.82) is 0 Å². The molecule has 1 aromatic carbocycles. The topological polar surface area (TPSA) is 18.5 Å². The molecule has 18 heavy (non-hydrogen) atoms. The molecule has 1 rings (SSSR count). The van der Waals surface area contributed by atoms with Crippen LogP contribution in [0, 0.1) is 6.92 Å². The Morgan fingerprint density at radius 3 is 2.39 bits per heavy atom. The quantitative estimate of drug-likeness (QED) is 0.684. The van der Waals surface area contributed by atoms with Crippen LogP contribution in [0.5, 0.6) is 5.75 Å². The van der Waals surface area contributed by atoms with E-state index in [4.69, 9.17) is 9.47 Å². The first-order chi connectivity index (χ1) is 8.43. The predicted octanol–water partition coefficient (Wildman–Crippen LogP) is 3.66. The van der Waals surface area contributed by atoms with Crippen LogP contribution in [-0.4, -0.2) is 25.5 Å². The predicted molar refractivity (Wildman–Crippen MR) is 77.5 cm³/mol. The molecule has 99 valence electrons. The van der Waals surface area contributed by atoms with Gasteiger partial charge in [-0.15, -0.1) is 0 Å². The lowest BCUT2D eigenvalue weighted by Crippen LogP contribution is -2.31. The van der Waals surface area contributed by atoms with Crippen LogP contribution in [0.15, 0.2) is 24.3 Å². The summed E-state index contributed by atoms with van der Waals surface area (Å²) in [6.45, 7) is 11.0. The summed E-state index contributed by atoms with van der Waals surface area (Å²) < 4.78 is 11.6. The van der Waals surface area contributed by atoms with Gasteiger partial charge in [0.25, 0.3) is 0 Å². The van der Waals surface area contributed by atoms with Crippen molar-refractivity contribution in [3.63, 3.8) is 0 Å². The maximum Gasteiger partial charge on any atom is 0.145 e. The minimum atomic E-state index is -0.206. The van der Waals surface area contributed by atoms with Crippen molar-refractivity contribution in [2.45, 2.75) is 52.5 Å². The Balaban J connectivity index is 2.41. The number of ether oxygens (including phenoxy) is 2. The van der Waals surface area contributed by atoms with Gasteiger partial charge in [-0.1, -0.05) is 24.5 Å². The molecular weight excluding hydrogens is 223 g/mol. The Kier molecular flexibility index (Phi) is 5.74. The fourth-order valence-corrected chi connectivity index (χ4v) is 1.56. The molecule has 0 amide bonds. The lowest BCUT2D eigenvalue weighted by molar-refractivity contribution is 0.0397. The van der Waals surface area contributed by atoms with E-state index in [1.54, 1.807) is 0 Å². The van der Waals surface area contributed by atoms with Crippen molar-refractivity contribution < 1.29 is 9.47 Å². The summed E-state index contributed by atoms with van der Waals surface area (Å²) in [7, 11) is 2.05. The average molecular weight is 247 g/mol. The Labute approximate surface area is 112 Å². The van der Waals surface area contributed by atoms with Crippen LogP contribution < -0.4 is 4.74 Å². The first-order valence-electron chi connectivity index (χ1n) is 6.60. The molecule has 0 N–H and O–H groups in total. The molecule has 0 aromatic heterocycles. The molecule has 0 aliphatic carbocycles. The highest BCUT2D eigenvalue weighted by Crippen LogP contribution is 2.21. The fraction of sp³-hybridized carbons (Fsp3) is 0.600. The molecule has 0 heterocycles. The smallest absolute Gasteiger partial charge is 0.145 e. The first-order valence-corrected chi connectivity index (χ1v) is 6.60. The van der Waals surface area contributed by atoms with Gasteiger partial charge in [-0.3, -0.25) is 0 Å². The maximum atomic E-state index is 5.98. The van der Waals surface area contributed by atoms with E-state index in [2.05, 4.69) is 32.9 Å². The Morgan fingerprint density at radius 1 is 1.22 bits per heavy atom. The fourth-order valence-electron chi connectivity index (χ4n) is 1.56. The summed E-state index contributed by atoms with van der Waals surface area (Å²) in [5.41, 5.74) is 1.04. The van der Waals surface area contributed by atoms with Gasteiger partial charge in [0.15, 0.2) is 0 Å². The molecule has 2 nitrogen and oxygen atoms in total. The number of hydrogen-bond acceptors (Lipinski definition) is 2. The van der Waals surface area contributed by atoms with Gasteiger partial charge in [0.2, 0.25) is 0 Å². The van der Waals surface area contributed by atoms with Crippen LogP contribution in [-0.2, 0) is 4.74 Å². The van der Waals surface area contributed by atoms with E-state index >= 15 is 0 Å². The highest BCUT2D eigenvalue weighted by molar-refractivity contribution is 6.35. The monoisotopic (exact) mass is 247 g/mol. The van der Waals surface area contributed by atoms with E-state index in [1.807, 2.05) is 33.2 Å². The van der Waals surface area contributed by atoms with Crippen LogP contribution >= 0.6 is 0 Å². The number of hydrogen-bond donors (Lipinski definition) is 0. The van der Waals surface area contributed by atoms with Gasteiger partial charge in [-0.05, 0) is 39.8 Å². The van der Waals surface area contributed by atoms with Crippen molar-refractivity contribution in [2.75, 3.05) is 6.61 Å². The van der Waals surface area contributed by atoms with E-state index in [1.165, 1.54) is 5.56 Å². The van der Waals surface area contributed by atoms with Crippen LogP contribution in [0.3, 0.4) is 0 Å². The van der Waals surface area contributed by atoms with Gasteiger partial charge in [0.1, 0.15) is 18.6 Å². The first kappa shape index (κ1) is 15.1. The van der Waals surface area contributed by atoms with Crippen LogP contribution in [0.1, 0.15) is 32.8 Å². The van der Waals surface area contributed by atoms with E-state index in [0.29, 0.717) is 6.61 Å². The van der Waals surface area contributed by atoms with Gasteiger partial charge in [-0.25, -0.2) is 0 Å². The second-order valence-electron chi connectivity index (χ2n) is 5.33. The van der Waals surface area contributed by atoms with E-state index in [0.717, 1.165) is 12.2 Å². The van der Waals surface area contributed by atoms with Crippen LogP contribution in [0.4, 0.5) is 0 Å². The molecule has 1 unspecified atom stereocenters. The zero-order valence-electron chi connectivity index (χ0n) is 12.2. The molecule has 0 aliphatic heterocycles.